The van der Waals surface area contributed by atoms with Crippen molar-refractivity contribution in [2.24, 2.45) is 11.8 Å². The Kier molecular flexibility index (Phi) is 4.04. The summed E-state index contributed by atoms with van der Waals surface area (Å²) >= 11 is 0. The van der Waals surface area contributed by atoms with E-state index >= 15 is 0 Å². The lowest BCUT2D eigenvalue weighted by molar-refractivity contribution is -0.159. The third-order valence-corrected chi connectivity index (χ3v) is 5.04. The van der Waals surface area contributed by atoms with E-state index in [-0.39, 0.29) is 24.5 Å². The Bertz CT molecular complexity index is 487. The first-order valence-corrected chi connectivity index (χ1v) is 8.33. The molecule has 3 atom stereocenters. The number of nitrogens with zero attached hydrogens (tertiary/aromatic N) is 1. The number of ether oxygens (including phenoxy) is 2. The number of amides is 1. The third kappa shape index (κ3) is 3.04. The molecule has 1 saturated carbocycles. The molecule has 2 N–H and O–H groups in total. The lowest BCUT2D eigenvalue weighted by atomic mass is 9.70. The van der Waals surface area contributed by atoms with E-state index in [0.717, 1.165) is 19.3 Å². The molecule has 1 spiro atoms. The summed E-state index contributed by atoms with van der Waals surface area (Å²) < 4.78 is 11.5. The molecule has 2 saturated heterocycles. The topological polar surface area (TPSA) is 88.1 Å². The van der Waals surface area contributed by atoms with Crippen LogP contribution in [0.25, 0.3) is 0 Å². The van der Waals surface area contributed by atoms with Crippen LogP contribution in [-0.2, 0) is 14.3 Å². The van der Waals surface area contributed by atoms with E-state index in [1.807, 2.05) is 20.8 Å². The minimum absolute atomic E-state index is 0.104. The Morgan fingerprint density at radius 1 is 1.26 bits per heavy atom. The SMILES string of the molecule is CC(C)(C)OC(=O)N1CC2CCCC(C1)C21NC(C(=O)O)CO1. The maximum Gasteiger partial charge on any atom is 0.410 e. The fraction of sp³-hybridized carbons (Fsp3) is 0.875. The Hall–Kier alpha value is -1.34. The van der Waals surface area contributed by atoms with Crippen LogP contribution in [0, 0.1) is 11.8 Å². The highest BCUT2D eigenvalue weighted by Gasteiger charge is 2.58. The number of likely N-dealkylation sites (tertiary alicyclic amines) is 1. The van der Waals surface area contributed by atoms with Gasteiger partial charge in [-0.1, -0.05) is 6.42 Å². The largest absolute Gasteiger partial charge is 0.480 e. The Balaban J connectivity index is 1.74. The number of hydrogen-bond acceptors (Lipinski definition) is 5. The van der Waals surface area contributed by atoms with Gasteiger partial charge < -0.3 is 19.5 Å². The van der Waals surface area contributed by atoms with Gasteiger partial charge in [-0.3, -0.25) is 10.1 Å². The van der Waals surface area contributed by atoms with Crippen LogP contribution in [-0.4, -0.2) is 59.1 Å². The molecule has 2 heterocycles. The highest BCUT2D eigenvalue weighted by Crippen LogP contribution is 2.46. The molecule has 0 aromatic heterocycles. The summed E-state index contributed by atoms with van der Waals surface area (Å²) in [5, 5.41) is 12.4. The molecule has 0 aromatic carbocycles. The van der Waals surface area contributed by atoms with Crippen LogP contribution < -0.4 is 5.32 Å². The molecule has 130 valence electrons. The highest BCUT2D eigenvalue weighted by molar-refractivity contribution is 5.74. The predicted octanol–water partition coefficient (Wildman–Crippen LogP) is 1.42. The predicted molar refractivity (Wildman–Crippen MR) is 81.9 cm³/mol. The van der Waals surface area contributed by atoms with Gasteiger partial charge in [0.2, 0.25) is 0 Å². The average molecular weight is 326 g/mol. The fourth-order valence-electron chi connectivity index (χ4n) is 4.09. The van der Waals surface area contributed by atoms with E-state index in [2.05, 4.69) is 5.32 Å². The lowest BCUT2D eigenvalue weighted by Gasteiger charge is -2.53. The summed E-state index contributed by atoms with van der Waals surface area (Å²) in [6, 6.07) is -0.661. The molecule has 3 unspecified atom stereocenters. The zero-order chi connectivity index (χ0) is 16.8. The molecule has 1 amide bonds. The maximum atomic E-state index is 12.4. The number of piperidine rings is 1. The normalized spacial score (nSPS) is 37.0. The quantitative estimate of drug-likeness (QED) is 0.758. The molecule has 0 radical (unpaired) electrons. The van der Waals surface area contributed by atoms with Gasteiger partial charge >= 0.3 is 12.1 Å². The molecule has 7 heteroatoms. The summed E-state index contributed by atoms with van der Waals surface area (Å²) in [6.07, 6.45) is 2.64. The summed E-state index contributed by atoms with van der Waals surface area (Å²) in [6.45, 7) is 6.85. The van der Waals surface area contributed by atoms with Gasteiger partial charge in [0, 0.05) is 24.9 Å². The smallest absolute Gasteiger partial charge is 0.410 e. The number of carbonyl (C=O) groups excluding carboxylic acids is 1. The number of hydrogen-bond donors (Lipinski definition) is 2. The highest BCUT2D eigenvalue weighted by atomic mass is 16.6. The van der Waals surface area contributed by atoms with E-state index < -0.39 is 23.3 Å². The minimum atomic E-state index is -0.880. The number of aliphatic carboxylic acids is 1. The van der Waals surface area contributed by atoms with Crippen molar-refractivity contribution in [3.63, 3.8) is 0 Å². The molecule has 23 heavy (non-hydrogen) atoms. The second kappa shape index (κ2) is 5.63. The molecular weight excluding hydrogens is 300 g/mol. The molecule has 7 nitrogen and oxygen atoms in total. The zero-order valence-corrected chi connectivity index (χ0v) is 14.0. The monoisotopic (exact) mass is 326 g/mol. The lowest BCUT2D eigenvalue weighted by Crippen LogP contribution is -2.67. The number of carbonyl (C=O) groups is 2. The Morgan fingerprint density at radius 2 is 1.87 bits per heavy atom. The first-order chi connectivity index (χ1) is 10.7. The van der Waals surface area contributed by atoms with Crippen LogP contribution in [0.5, 0.6) is 0 Å². The van der Waals surface area contributed by atoms with E-state index in [4.69, 9.17) is 9.47 Å². The average Bonchev–Trinajstić information content (AvgIpc) is 2.82. The van der Waals surface area contributed by atoms with Gasteiger partial charge in [0.1, 0.15) is 17.4 Å². The van der Waals surface area contributed by atoms with Crippen molar-refractivity contribution in [1.82, 2.24) is 10.2 Å². The molecule has 0 aromatic rings. The van der Waals surface area contributed by atoms with Gasteiger partial charge in [0.25, 0.3) is 0 Å². The van der Waals surface area contributed by atoms with Crippen molar-refractivity contribution in [1.29, 1.82) is 0 Å². The zero-order valence-electron chi connectivity index (χ0n) is 14.0. The van der Waals surface area contributed by atoms with Crippen LogP contribution in [0.2, 0.25) is 0 Å². The van der Waals surface area contributed by atoms with E-state index in [1.165, 1.54) is 0 Å². The summed E-state index contributed by atoms with van der Waals surface area (Å²) in [5.41, 5.74) is -1.11. The van der Waals surface area contributed by atoms with Crippen molar-refractivity contribution < 1.29 is 24.2 Å². The molecule has 2 bridgehead atoms. The number of carboxylic acid groups (broad SMARTS) is 1. The van der Waals surface area contributed by atoms with Crippen molar-refractivity contribution in [3.05, 3.63) is 0 Å². The van der Waals surface area contributed by atoms with E-state index in [1.54, 1.807) is 4.90 Å². The van der Waals surface area contributed by atoms with E-state index in [9.17, 15) is 14.7 Å². The first kappa shape index (κ1) is 16.5. The molecule has 3 fully saturated rings. The fourth-order valence-corrected chi connectivity index (χ4v) is 4.09. The molecule has 3 aliphatic rings. The first-order valence-electron chi connectivity index (χ1n) is 8.33. The van der Waals surface area contributed by atoms with Gasteiger partial charge in [0.05, 0.1) is 6.61 Å². The molecule has 2 aliphatic heterocycles. The van der Waals surface area contributed by atoms with Crippen molar-refractivity contribution in [3.8, 4) is 0 Å². The van der Waals surface area contributed by atoms with E-state index in [0.29, 0.717) is 13.1 Å². The van der Waals surface area contributed by atoms with Crippen LogP contribution in [0.3, 0.4) is 0 Å². The van der Waals surface area contributed by atoms with Gasteiger partial charge in [-0.2, -0.15) is 0 Å². The van der Waals surface area contributed by atoms with Gasteiger partial charge in [-0.05, 0) is 33.6 Å². The van der Waals surface area contributed by atoms with Crippen LogP contribution in [0.1, 0.15) is 40.0 Å². The van der Waals surface area contributed by atoms with Crippen molar-refractivity contribution >= 4 is 12.1 Å². The summed E-state index contributed by atoms with van der Waals surface area (Å²) in [7, 11) is 0. The molecule has 1 aliphatic carbocycles. The Morgan fingerprint density at radius 3 is 2.35 bits per heavy atom. The number of rotatable bonds is 1. The summed E-state index contributed by atoms with van der Waals surface area (Å²) in [4.78, 5) is 25.4. The number of nitrogens with one attached hydrogen (secondary N) is 1. The number of carboxylic acids is 1. The maximum absolute atomic E-state index is 12.4. The standard InChI is InChI=1S/C16H26N2O5/c1-15(2,3)23-14(21)18-7-10-5-4-6-11(8-18)16(10)17-12(9-22-16)13(19)20/h10-12,17H,4-9H2,1-3H3,(H,19,20). The second-order valence-corrected chi connectivity index (χ2v) is 7.85. The van der Waals surface area contributed by atoms with Crippen LogP contribution >= 0.6 is 0 Å². The Labute approximate surface area is 136 Å². The van der Waals surface area contributed by atoms with Crippen molar-refractivity contribution in [2.75, 3.05) is 19.7 Å². The molecule has 3 rings (SSSR count). The van der Waals surface area contributed by atoms with Gasteiger partial charge in [0.15, 0.2) is 0 Å². The van der Waals surface area contributed by atoms with Crippen LogP contribution in [0.4, 0.5) is 4.79 Å². The minimum Gasteiger partial charge on any atom is -0.480 e. The summed E-state index contributed by atoms with van der Waals surface area (Å²) in [5.74, 6) is -0.673. The third-order valence-electron chi connectivity index (χ3n) is 5.04. The van der Waals surface area contributed by atoms with Gasteiger partial charge in [-0.25, -0.2) is 4.79 Å². The van der Waals surface area contributed by atoms with Crippen molar-refractivity contribution in [2.45, 2.75) is 57.4 Å². The van der Waals surface area contributed by atoms with Crippen LogP contribution in [0.15, 0.2) is 0 Å². The second-order valence-electron chi connectivity index (χ2n) is 7.85. The molecular formula is C16H26N2O5. The van der Waals surface area contributed by atoms with Gasteiger partial charge in [-0.15, -0.1) is 0 Å².